The molecule has 0 aromatic heterocycles. The van der Waals surface area contributed by atoms with Gasteiger partial charge in [0.1, 0.15) is 5.82 Å². The van der Waals surface area contributed by atoms with E-state index in [4.69, 9.17) is 0 Å². The number of fused-ring (bicyclic) bond motifs is 2. The van der Waals surface area contributed by atoms with Crippen molar-refractivity contribution in [2.24, 2.45) is 0 Å². The highest BCUT2D eigenvalue weighted by atomic mass is 19.1. The van der Waals surface area contributed by atoms with E-state index in [9.17, 15) is 19.1 Å². The van der Waals surface area contributed by atoms with Gasteiger partial charge >= 0.3 is 0 Å². The van der Waals surface area contributed by atoms with Crippen LogP contribution in [0.25, 0.3) is 0 Å². The van der Waals surface area contributed by atoms with Gasteiger partial charge in [-0.2, -0.15) is 0 Å². The number of amides is 2. The maximum absolute atomic E-state index is 15.0. The molecule has 0 aliphatic carbocycles. The standard InChI is InChI=1S/C28H35FN4O3/c1-19(34)32-12-8-23(9-13-32)30-27-14-21-7-11-33(28(36)25(21)15-26(27)29)18-24(35)17-31-10-6-20-4-2-3-5-22(20)16-31/h2-5,14-15,23-24,30,35H,6-13,16-18H2,1H3. The lowest BCUT2D eigenvalue weighted by molar-refractivity contribution is -0.129. The molecule has 0 saturated carbocycles. The number of likely N-dealkylation sites (tertiary alicyclic amines) is 1. The normalized spacial score (nSPS) is 19.6. The molecule has 1 saturated heterocycles. The van der Waals surface area contributed by atoms with E-state index in [-0.39, 0.29) is 24.4 Å². The molecule has 1 fully saturated rings. The molecule has 1 atom stereocenters. The van der Waals surface area contributed by atoms with Crippen molar-refractivity contribution in [1.82, 2.24) is 14.7 Å². The number of nitrogens with zero attached hydrogens (tertiary/aromatic N) is 3. The number of hydrogen-bond acceptors (Lipinski definition) is 5. The molecule has 2 amide bonds. The van der Waals surface area contributed by atoms with Gasteiger partial charge in [0.05, 0.1) is 11.8 Å². The summed E-state index contributed by atoms with van der Waals surface area (Å²) < 4.78 is 15.0. The first-order valence-electron chi connectivity index (χ1n) is 13.0. The van der Waals surface area contributed by atoms with Crippen molar-refractivity contribution in [3.05, 3.63) is 64.5 Å². The average Bonchev–Trinajstić information content (AvgIpc) is 2.87. The summed E-state index contributed by atoms with van der Waals surface area (Å²) in [5.41, 5.74) is 4.30. The van der Waals surface area contributed by atoms with E-state index < -0.39 is 11.9 Å². The second-order valence-corrected chi connectivity index (χ2v) is 10.3. The van der Waals surface area contributed by atoms with Gasteiger partial charge in [-0.25, -0.2) is 4.39 Å². The zero-order valence-corrected chi connectivity index (χ0v) is 20.9. The van der Waals surface area contributed by atoms with Gasteiger partial charge in [-0.1, -0.05) is 24.3 Å². The summed E-state index contributed by atoms with van der Waals surface area (Å²) in [4.78, 5) is 30.4. The van der Waals surface area contributed by atoms with Gasteiger partial charge in [-0.3, -0.25) is 14.5 Å². The largest absolute Gasteiger partial charge is 0.390 e. The van der Waals surface area contributed by atoms with Crippen molar-refractivity contribution in [2.45, 2.75) is 51.3 Å². The van der Waals surface area contributed by atoms with Crippen LogP contribution in [0.3, 0.4) is 0 Å². The summed E-state index contributed by atoms with van der Waals surface area (Å²) in [6, 6.07) is 11.6. The van der Waals surface area contributed by atoms with Crippen molar-refractivity contribution in [2.75, 3.05) is 44.6 Å². The minimum Gasteiger partial charge on any atom is -0.390 e. The van der Waals surface area contributed by atoms with E-state index in [1.54, 1.807) is 17.9 Å². The molecule has 0 radical (unpaired) electrons. The Kier molecular flexibility index (Phi) is 7.25. The lowest BCUT2D eigenvalue weighted by Crippen LogP contribution is -2.46. The molecule has 2 N–H and O–H groups in total. The lowest BCUT2D eigenvalue weighted by Gasteiger charge is -2.34. The summed E-state index contributed by atoms with van der Waals surface area (Å²) in [7, 11) is 0. The van der Waals surface area contributed by atoms with Gasteiger partial charge in [0, 0.05) is 64.3 Å². The average molecular weight is 495 g/mol. The highest BCUT2D eigenvalue weighted by Gasteiger charge is 2.29. The van der Waals surface area contributed by atoms with Crippen LogP contribution in [0.5, 0.6) is 0 Å². The smallest absolute Gasteiger partial charge is 0.254 e. The van der Waals surface area contributed by atoms with Gasteiger partial charge < -0.3 is 20.2 Å². The van der Waals surface area contributed by atoms with E-state index in [0.29, 0.717) is 43.9 Å². The van der Waals surface area contributed by atoms with Crippen LogP contribution < -0.4 is 5.32 Å². The lowest BCUT2D eigenvalue weighted by atomic mass is 9.96. The molecule has 2 aromatic carbocycles. The topological polar surface area (TPSA) is 76.1 Å². The highest BCUT2D eigenvalue weighted by molar-refractivity contribution is 5.97. The van der Waals surface area contributed by atoms with Crippen LogP contribution in [-0.2, 0) is 24.2 Å². The fourth-order valence-electron chi connectivity index (χ4n) is 5.71. The zero-order chi connectivity index (χ0) is 25.2. The molecule has 192 valence electrons. The molecule has 1 unspecified atom stereocenters. The highest BCUT2D eigenvalue weighted by Crippen LogP contribution is 2.28. The second kappa shape index (κ2) is 10.6. The van der Waals surface area contributed by atoms with Gasteiger partial charge in [0.25, 0.3) is 5.91 Å². The molecule has 5 rings (SSSR count). The van der Waals surface area contributed by atoms with Crippen LogP contribution in [0.15, 0.2) is 36.4 Å². The predicted molar refractivity (Wildman–Crippen MR) is 136 cm³/mol. The number of aliphatic hydroxyl groups excluding tert-OH is 1. The first-order valence-corrected chi connectivity index (χ1v) is 13.0. The SMILES string of the molecule is CC(=O)N1CCC(Nc2cc3c(cc2F)C(=O)N(CC(O)CN2CCc4ccccc4C2)CC3)CC1. The monoisotopic (exact) mass is 494 g/mol. The molecule has 8 heteroatoms. The number of hydrogen-bond donors (Lipinski definition) is 2. The number of carbonyl (C=O) groups is 2. The summed E-state index contributed by atoms with van der Waals surface area (Å²) in [6.45, 7) is 5.85. The van der Waals surface area contributed by atoms with Crippen LogP contribution in [0.2, 0.25) is 0 Å². The van der Waals surface area contributed by atoms with Gasteiger partial charge in [0.2, 0.25) is 5.91 Å². The molecular weight excluding hydrogens is 459 g/mol. The molecule has 3 aliphatic heterocycles. The number of aliphatic hydroxyl groups is 1. The van der Waals surface area contributed by atoms with Crippen LogP contribution in [0, 0.1) is 5.82 Å². The Balaban J connectivity index is 1.17. The fraction of sp³-hybridized carbons (Fsp3) is 0.500. The van der Waals surface area contributed by atoms with E-state index in [1.165, 1.54) is 17.2 Å². The third-order valence-electron chi connectivity index (χ3n) is 7.77. The maximum atomic E-state index is 15.0. The Labute approximate surface area is 211 Å². The van der Waals surface area contributed by atoms with Crippen molar-refractivity contribution in [3.8, 4) is 0 Å². The Morgan fingerprint density at radius 2 is 1.78 bits per heavy atom. The molecule has 3 aliphatic rings. The van der Waals surface area contributed by atoms with Gasteiger partial charge in [-0.15, -0.1) is 0 Å². The van der Waals surface area contributed by atoms with Crippen LogP contribution in [0.4, 0.5) is 10.1 Å². The number of nitrogens with one attached hydrogen (secondary N) is 1. The Morgan fingerprint density at radius 3 is 2.53 bits per heavy atom. The number of carbonyl (C=O) groups excluding carboxylic acids is 2. The first-order chi connectivity index (χ1) is 17.4. The molecule has 0 bridgehead atoms. The number of halogens is 1. The molecule has 36 heavy (non-hydrogen) atoms. The quantitative estimate of drug-likeness (QED) is 0.646. The van der Waals surface area contributed by atoms with Gasteiger partial charge in [-0.05, 0) is 54.5 Å². The number of β-amino-alcohol motifs (C(OH)–C–C–N with tert-alkyl or cyclic N) is 1. The first kappa shape index (κ1) is 24.7. The Morgan fingerprint density at radius 1 is 1.06 bits per heavy atom. The number of piperidine rings is 1. The van der Waals surface area contributed by atoms with E-state index in [1.807, 2.05) is 11.0 Å². The van der Waals surface area contributed by atoms with Crippen LogP contribution in [0.1, 0.15) is 46.8 Å². The van der Waals surface area contributed by atoms with Crippen molar-refractivity contribution in [1.29, 1.82) is 0 Å². The van der Waals surface area contributed by atoms with Gasteiger partial charge in [0.15, 0.2) is 0 Å². The number of anilines is 1. The molecular formula is C28H35FN4O3. The number of rotatable bonds is 6. The molecule has 3 heterocycles. The van der Waals surface area contributed by atoms with Crippen LogP contribution >= 0.6 is 0 Å². The summed E-state index contributed by atoms with van der Waals surface area (Å²) in [5, 5.41) is 14.0. The third kappa shape index (κ3) is 5.39. The maximum Gasteiger partial charge on any atom is 0.254 e. The number of benzene rings is 2. The Bertz CT molecular complexity index is 1130. The third-order valence-corrected chi connectivity index (χ3v) is 7.77. The zero-order valence-electron chi connectivity index (χ0n) is 20.9. The fourth-order valence-corrected chi connectivity index (χ4v) is 5.71. The summed E-state index contributed by atoms with van der Waals surface area (Å²) in [5.74, 6) is -0.590. The van der Waals surface area contributed by atoms with Crippen molar-refractivity contribution in [3.63, 3.8) is 0 Å². The minimum absolute atomic E-state index is 0.0721. The van der Waals surface area contributed by atoms with Crippen LogP contribution in [-0.4, -0.2) is 83.0 Å². The van der Waals surface area contributed by atoms with E-state index in [0.717, 1.165) is 37.9 Å². The van der Waals surface area contributed by atoms with E-state index >= 15 is 0 Å². The molecule has 0 spiro atoms. The second-order valence-electron chi connectivity index (χ2n) is 10.3. The van der Waals surface area contributed by atoms with Crippen molar-refractivity contribution >= 4 is 17.5 Å². The molecule has 7 nitrogen and oxygen atoms in total. The Hall–Kier alpha value is -2.97. The van der Waals surface area contributed by atoms with Crippen molar-refractivity contribution < 1.29 is 19.1 Å². The van der Waals surface area contributed by atoms with E-state index in [2.05, 4.69) is 28.4 Å². The molecule has 2 aromatic rings. The minimum atomic E-state index is -0.660. The predicted octanol–water partition coefficient (Wildman–Crippen LogP) is 2.67. The summed E-state index contributed by atoms with van der Waals surface area (Å²) in [6.07, 6.45) is 2.46. The summed E-state index contributed by atoms with van der Waals surface area (Å²) >= 11 is 0.